The number of nitrogens with one attached hydrogen (secondary N) is 1. The van der Waals surface area contributed by atoms with Gasteiger partial charge in [0.2, 0.25) is 0 Å². The molecule has 0 saturated heterocycles. The first-order chi connectivity index (χ1) is 11.9. The molecule has 0 saturated carbocycles. The van der Waals surface area contributed by atoms with Crippen LogP contribution in [0.2, 0.25) is 5.02 Å². The SMILES string of the molecule is OCC(NCc1cc2n(n1)CCCC2)c1ccc(Cl)cc1C(F)(F)F. The van der Waals surface area contributed by atoms with E-state index in [1.807, 2.05) is 10.7 Å². The second-order valence-electron chi connectivity index (χ2n) is 6.15. The van der Waals surface area contributed by atoms with Gasteiger partial charge in [0.15, 0.2) is 0 Å². The molecular weight excluding hydrogens is 355 g/mol. The predicted molar refractivity (Wildman–Crippen MR) is 88.3 cm³/mol. The molecule has 4 nitrogen and oxygen atoms in total. The van der Waals surface area contributed by atoms with Gasteiger partial charge in [-0.05, 0) is 43.0 Å². The molecule has 136 valence electrons. The number of fused-ring (bicyclic) bond motifs is 1. The maximum absolute atomic E-state index is 13.3. The summed E-state index contributed by atoms with van der Waals surface area (Å²) in [6.45, 7) is 0.692. The van der Waals surface area contributed by atoms with Gasteiger partial charge in [-0.15, -0.1) is 0 Å². The standard InChI is InChI=1S/C17H19ClF3N3O/c18-11-4-5-14(15(7-11)17(19,20)21)16(10-25)22-9-12-8-13-3-1-2-6-24(13)23-12/h4-5,7-8,16,22,25H,1-3,6,9-10H2. The summed E-state index contributed by atoms with van der Waals surface area (Å²) >= 11 is 5.71. The van der Waals surface area contributed by atoms with Gasteiger partial charge >= 0.3 is 6.18 Å². The Hall–Kier alpha value is -1.57. The summed E-state index contributed by atoms with van der Waals surface area (Å²) in [7, 11) is 0. The minimum Gasteiger partial charge on any atom is -0.394 e. The zero-order chi connectivity index (χ0) is 18.0. The highest BCUT2D eigenvalue weighted by Gasteiger charge is 2.35. The Morgan fingerprint density at radius 2 is 2.08 bits per heavy atom. The molecule has 3 rings (SSSR count). The fraction of sp³-hybridized carbons (Fsp3) is 0.471. The van der Waals surface area contributed by atoms with Crippen molar-refractivity contribution in [3.8, 4) is 0 Å². The Bertz CT molecular complexity index is 722. The summed E-state index contributed by atoms with van der Waals surface area (Å²) < 4.78 is 41.7. The molecule has 1 unspecified atom stereocenters. The van der Waals surface area contributed by atoms with E-state index >= 15 is 0 Å². The Morgan fingerprint density at radius 3 is 2.76 bits per heavy atom. The van der Waals surface area contributed by atoms with Crippen molar-refractivity contribution in [2.45, 2.75) is 44.6 Å². The van der Waals surface area contributed by atoms with Gasteiger partial charge in [-0.3, -0.25) is 4.68 Å². The van der Waals surface area contributed by atoms with Crippen molar-refractivity contribution < 1.29 is 18.3 Å². The van der Waals surface area contributed by atoms with Crippen LogP contribution in [0.25, 0.3) is 0 Å². The number of aromatic nitrogens is 2. The van der Waals surface area contributed by atoms with Crippen LogP contribution in [0.4, 0.5) is 13.2 Å². The van der Waals surface area contributed by atoms with Gasteiger partial charge in [0, 0.05) is 23.8 Å². The number of aliphatic hydroxyl groups excluding tert-OH is 1. The Kier molecular flexibility index (Phi) is 5.36. The number of benzene rings is 1. The molecule has 0 bridgehead atoms. The number of hydrogen-bond acceptors (Lipinski definition) is 3. The fourth-order valence-corrected chi connectivity index (χ4v) is 3.31. The summed E-state index contributed by atoms with van der Waals surface area (Å²) in [5.41, 5.74) is 1.04. The molecule has 25 heavy (non-hydrogen) atoms. The van der Waals surface area contributed by atoms with Crippen LogP contribution in [0.15, 0.2) is 24.3 Å². The fourth-order valence-electron chi connectivity index (χ4n) is 3.14. The molecule has 0 radical (unpaired) electrons. The zero-order valence-corrected chi connectivity index (χ0v) is 14.2. The van der Waals surface area contributed by atoms with E-state index < -0.39 is 24.4 Å². The lowest BCUT2D eigenvalue weighted by molar-refractivity contribution is -0.138. The van der Waals surface area contributed by atoms with Crippen LogP contribution in [0, 0.1) is 0 Å². The van der Waals surface area contributed by atoms with Crippen molar-refractivity contribution in [1.82, 2.24) is 15.1 Å². The minimum absolute atomic E-state index is 0.00883. The number of hydrogen-bond donors (Lipinski definition) is 2. The van der Waals surface area contributed by atoms with E-state index in [1.165, 1.54) is 12.1 Å². The topological polar surface area (TPSA) is 50.1 Å². The highest BCUT2D eigenvalue weighted by atomic mass is 35.5. The monoisotopic (exact) mass is 373 g/mol. The number of aliphatic hydroxyl groups is 1. The summed E-state index contributed by atoms with van der Waals surface area (Å²) in [4.78, 5) is 0. The maximum Gasteiger partial charge on any atom is 0.416 e. The Balaban J connectivity index is 1.78. The van der Waals surface area contributed by atoms with Crippen molar-refractivity contribution in [1.29, 1.82) is 0 Å². The number of halogens is 4. The van der Waals surface area contributed by atoms with Crippen LogP contribution in [0.3, 0.4) is 0 Å². The second-order valence-corrected chi connectivity index (χ2v) is 6.59. The van der Waals surface area contributed by atoms with E-state index in [4.69, 9.17) is 11.6 Å². The molecule has 8 heteroatoms. The first kappa shape index (κ1) is 18.2. The molecule has 0 aliphatic carbocycles. The van der Waals surface area contributed by atoms with Crippen molar-refractivity contribution in [3.05, 3.63) is 51.8 Å². The first-order valence-electron chi connectivity index (χ1n) is 8.15. The number of rotatable bonds is 5. The van der Waals surface area contributed by atoms with Gasteiger partial charge in [0.05, 0.1) is 23.9 Å². The van der Waals surface area contributed by atoms with Crippen molar-refractivity contribution in [2.24, 2.45) is 0 Å². The van der Waals surface area contributed by atoms with E-state index in [-0.39, 0.29) is 17.1 Å². The van der Waals surface area contributed by atoms with Crippen molar-refractivity contribution >= 4 is 11.6 Å². The summed E-state index contributed by atoms with van der Waals surface area (Å²) in [5.74, 6) is 0. The summed E-state index contributed by atoms with van der Waals surface area (Å²) in [5, 5.41) is 17.0. The largest absolute Gasteiger partial charge is 0.416 e. The van der Waals surface area contributed by atoms with E-state index in [0.29, 0.717) is 0 Å². The highest BCUT2D eigenvalue weighted by molar-refractivity contribution is 6.30. The molecule has 2 N–H and O–H groups in total. The van der Waals surface area contributed by atoms with Gasteiger partial charge in [-0.25, -0.2) is 0 Å². The molecule has 2 aromatic rings. The second kappa shape index (κ2) is 7.35. The van der Waals surface area contributed by atoms with Crippen LogP contribution in [0.5, 0.6) is 0 Å². The van der Waals surface area contributed by atoms with Gasteiger partial charge in [-0.2, -0.15) is 18.3 Å². The summed E-state index contributed by atoms with van der Waals surface area (Å²) in [6.07, 6.45) is -1.37. The quantitative estimate of drug-likeness (QED) is 0.840. The van der Waals surface area contributed by atoms with Crippen LogP contribution >= 0.6 is 11.6 Å². The lowest BCUT2D eigenvalue weighted by atomic mass is 10.00. The number of alkyl halides is 3. The predicted octanol–water partition coefficient (Wildman–Crippen LogP) is 3.71. The molecular formula is C17H19ClF3N3O. The van der Waals surface area contributed by atoms with Crippen molar-refractivity contribution in [3.63, 3.8) is 0 Å². The first-order valence-corrected chi connectivity index (χ1v) is 8.53. The number of aryl methyl sites for hydroxylation is 2. The molecule has 0 fully saturated rings. The molecule has 1 aromatic heterocycles. The van der Waals surface area contributed by atoms with Gasteiger partial charge in [0.25, 0.3) is 0 Å². The normalized spacial score (nSPS) is 15.9. The Morgan fingerprint density at radius 1 is 1.28 bits per heavy atom. The molecule has 1 atom stereocenters. The van der Waals surface area contributed by atoms with E-state index in [0.717, 1.165) is 43.3 Å². The zero-order valence-electron chi connectivity index (χ0n) is 13.5. The smallest absolute Gasteiger partial charge is 0.394 e. The highest BCUT2D eigenvalue weighted by Crippen LogP contribution is 2.36. The molecule has 2 heterocycles. The van der Waals surface area contributed by atoms with E-state index in [1.54, 1.807) is 0 Å². The molecule has 1 aliphatic heterocycles. The molecule has 0 spiro atoms. The van der Waals surface area contributed by atoms with E-state index in [2.05, 4.69) is 10.4 Å². The van der Waals surface area contributed by atoms with E-state index in [9.17, 15) is 18.3 Å². The summed E-state index contributed by atoms with van der Waals surface area (Å²) in [6, 6.07) is 4.69. The molecule has 1 aliphatic rings. The van der Waals surface area contributed by atoms with Crippen LogP contribution in [-0.4, -0.2) is 21.5 Å². The average Bonchev–Trinajstić information content (AvgIpc) is 2.98. The molecule has 1 aromatic carbocycles. The molecule has 0 amide bonds. The minimum atomic E-state index is -4.54. The Labute approximate surface area is 148 Å². The third-order valence-corrected chi connectivity index (χ3v) is 4.61. The number of nitrogens with zero attached hydrogens (tertiary/aromatic N) is 2. The lowest BCUT2D eigenvalue weighted by Gasteiger charge is -2.21. The van der Waals surface area contributed by atoms with Gasteiger partial charge < -0.3 is 10.4 Å². The third kappa shape index (κ3) is 4.16. The third-order valence-electron chi connectivity index (χ3n) is 4.38. The average molecular weight is 374 g/mol. The maximum atomic E-state index is 13.3. The van der Waals surface area contributed by atoms with Crippen molar-refractivity contribution in [2.75, 3.05) is 6.61 Å². The van der Waals surface area contributed by atoms with Gasteiger partial charge in [-0.1, -0.05) is 17.7 Å². The van der Waals surface area contributed by atoms with Gasteiger partial charge in [0.1, 0.15) is 0 Å². The van der Waals surface area contributed by atoms with Crippen LogP contribution in [-0.2, 0) is 25.7 Å². The van der Waals surface area contributed by atoms with Crippen LogP contribution < -0.4 is 5.32 Å². The lowest BCUT2D eigenvalue weighted by Crippen LogP contribution is -2.27. The van der Waals surface area contributed by atoms with Crippen LogP contribution in [0.1, 0.15) is 41.4 Å².